The molecule has 0 bridgehead atoms. The van der Waals surface area contributed by atoms with Crippen LogP contribution in [0.1, 0.15) is 31.4 Å². The van der Waals surface area contributed by atoms with Crippen LogP contribution in [0.2, 0.25) is 0 Å². The van der Waals surface area contributed by atoms with Crippen molar-refractivity contribution in [2.75, 3.05) is 13.2 Å². The van der Waals surface area contributed by atoms with Gasteiger partial charge in [0.05, 0.1) is 11.0 Å². The average Bonchev–Trinajstić information content (AvgIpc) is 2.90. The molecule has 0 saturated carbocycles. The van der Waals surface area contributed by atoms with Crippen LogP contribution < -0.4 is 10.5 Å². The fourth-order valence-corrected chi connectivity index (χ4v) is 3.11. The van der Waals surface area contributed by atoms with Gasteiger partial charge in [0.25, 0.3) is 0 Å². The summed E-state index contributed by atoms with van der Waals surface area (Å²) in [6.45, 7) is 2.91. The average molecular weight is 284 g/mol. The van der Waals surface area contributed by atoms with Crippen LogP contribution in [0, 0.1) is 0 Å². The van der Waals surface area contributed by atoms with Gasteiger partial charge in [-0.15, -0.1) is 0 Å². The molecule has 1 aromatic rings. The van der Waals surface area contributed by atoms with E-state index in [1.165, 1.54) is 0 Å². The van der Waals surface area contributed by atoms with Crippen LogP contribution in [0.3, 0.4) is 0 Å². The molecule has 5 nitrogen and oxygen atoms in total. The number of hydrogen-bond donors (Lipinski definition) is 2. The van der Waals surface area contributed by atoms with Crippen LogP contribution in [-0.4, -0.2) is 27.7 Å². The predicted molar refractivity (Wildman–Crippen MR) is 73.2 cm³/mol. The molecule has 1 aliphatic heterocycles. The van der Waals surface area contributed by atoms with Crippen molar-refractivity contribution in [2.45, 2.75) is 36.8 Å². The molecule has 1 fully saturated rings. The van der Waals surface area contributed by atoms with Crippen molar-refractivity contribution >= 4 is 10.0 Å². The Hall–Kier alpha value is -0.950. The zero-order valence-corrected chi connectivity index (χ0v) is 11.8. The zero-order valence-electron chi connectivity index (χ0n) is 11.0. The number of nitrogens with two attached hydrogens (primary N) is 1. The molecule has 1 aromatic carbocycles. The van der Waals surface area contributed by atoms with Crippen molar-refractivity contribution in [2.24, 2.45) is 5.73 Å². The van der Waals surface area contributed by atoms with E-state index in [2.05, 4.69) is 4.72 Å². The molecule has 0 spiro atoms. The molecule has 2 atom stereocenters. The second kappa shape index (κ2) is 6.00. The third kappa shape index (κ3) is 3.76. The Labute approximate surface area is 114 Å². The van der Waals surface area contributed by atoms with Gasteiger partial charge in [-0.2, -0.15) is 0 Å². The third-order valence-electron chi connectivity index (χ3n) is 3.24. The molecule has 1 aliphatic rings. The summed E-state index contributed by atoms with van der Waals surface area (Å²) >= 11 is 0. The van der Waals surface area contributed by atoms with Crippen molar-refractivity contribution in [1.82, 2.24) is 4.72 Å². The second-order valence-corrected chi connectivity index (χ2v) is 6.61. The molecule has 0 amide bonds. The van der Waals surface area contributed by atoms with E-state index >= 15 is 0 Å². The van der Waals surface area contributed by atoms with Crippen molar-refractivity contribution in [3.63, 3.8) is 0 Å². The monoisotopic (exact) mass is 284 g/mol. The predicted octanol–water partition coefficient (Wildman–Crippen LogP) is 1.16. The van der Waals surface area contributed by atoms with Gasteiger partial charge >= 0.3 is 0 Å². The first kappa shape index (κ1) is 14.5. The first-order valence-electron chi connectivity index (χ1n) is 6.46. The molecule has 0 radical (unpaired) electrons. The normalized spacial score (nSPS) is 21.5. The fraction of sp³-hybridized carbons (Fsp3) is 0.538. The number of rotatable bonds is 5. The Bertz CT molecular complexity index is 505. The minimum absolute atomic E-state index is 0.00175. The Morgan fingerprint density at radius 1 is 1.42 bits per heavy atom. The van der Waals surface area contributed by atoms with Crippen LogP contribution in [0.5, 0.6) is 0 Å². The molecule has 1 heterocycles. The van der Waals surface area contributed by atoms with Crippen molar-refractivity contribution < 1.29 is 13.2 Å². The SMILES string of the molecule is CC(N)c1ccc(S(=O)(=O)NCC2CCCO2)cc1. The third-order valence-corrected chi connectivity index (χ3v) is 4.68. The largest absolute Gasteiger partial charge is 0.377 e. The first-order chi connectivity index (χ1) is 8.99. The van der Waals surface area contributed by atoms with Gasteiger partial charge in [0.15, 0.2) is 0 Å². The summed E-state index contributed by atoms with van der Waals surface area (Å²) in [5.74, 6) is 0. The summed E-state index contributed by atoms with van der Waals surface area (Å²) in [6.07, 6.45) is 1.90. The van der Waals surface area contributed by atoms with E-state index in [0.29, 0.717) is 6.54 Å². The lowest BCUT2D eigenvalue weighted by Gasteiger charge is -2.12. The maximum atomic E-state index is 12.1. The Morgan fingerprint density at radius 3 is 2.63 bits per heavy atom. The molecular formula is C13H20N2O3S. The van der Waals surface area contributed by atoms with Gasteiger partial charge in [0, 0.05) is 19.2 Å². The van der Waals surface area contributed by atoms with Gasteiger partial charge in [-0.25, -0.2) is 13.1 Å². The highest BCUT2D eigenvalue weighted by molar-refractivity contribution is 7.89. The Balaban J connectivity index is 2.01. The van der Waals surface area contributed by atoms with E-state index in [-0.39, 0.29) is 17.0 Å². The molecule has 3 N–H and O–H groups in total. The van der Waals surface area contributed by atoms with Gasteiger partial charge in [-0.1, -0.05) is 12.1 Å². The lowest BCUT2D eigenvalue weighted by Crippen LogP contribution is -2.31. The van der Waals surface area contributed by atoms with E-state index in [1.807, 2.05) is 6.92 Å². The van der Waals surface area contributed by atoms with E-state index in [9.17, 15) is 8.42 Å². The molecule has 2 unspecified atom stereocenters. The summed E-state index contributed by atoms with van der Waals surface area (Å²) in [4.78, 5) is 0.259. The van der Waals surface area contributed by atoms with Crippen LogP contribution in [0.15, 0.2) is 29.2 Å². The maximum Gasteiger partial charge on any atom is 0.240 e. The lowest BCUT2D eigenvalue weighted by atomic mass is 10.1. The molecule has 1 saturated heterocycles. The Morgan fingerprint density at radius 2 is 2.11 bits per heavy atom. The molecule has 106 valence electrons. The molecule has 2 rings (SSSR count). The number of hydrogen-bond acceptors (Lipinski definition) is 4. The summed E-state index contributed by atoms with van der Waals surface area (Å²) in [6, 6.07) is 6.54. The standard InChI is InChI=1S/C13H20N2O3S/c1-10(14)11-4-6-13(7-5-11)19(16,17)15-9-12-3-2-8-18-12/h4-7,10,12,15H,2-3,8-9,14H2,1H3. The number of ether oxygens (including phenoxy) is 1. The topological polar surface area (TPSA) is 81.4 Å². The summed E-state index contributed by atoms with van der Waals surface area (Å²) < 4.78 is 32.1. The minimum Gasteiger partial charge on any atom is -0.377 e. The van der Waals surface area contributed by atoms with Crippen LogP contribution >= 0.6 is 0 Å². The number of sulfonamides is 1. The van der Waals surface area contributed by atoms with Gasteiger partial charge in [-0.3, -0.25) is 0 Å². The Kier molecular flexibility index (Phi) is 4.57. The highest BCUT2D eigenvalue weighted by atomic mass is 32.2. The van der Waals surface area contributed by atoms with Crippen molar-refractivity contribution in [3.05, 3.63) is 29.8 Å². The van der Waals surface area contributed by atoms with E-state index < -0.39 is 10.0 Å². The quantitative estimate of drug-likeness (QED) is 0.850. The minimum atomic E-state index is -3.46. The van der Waals surface area contributed by atoms with Crippen LogP contribution in [0.25, 0.3) is 0 Å². The summed E-state index contributed by atoms with van der Waals surface area (Å²) in [7, 11) is -3.46. The molecule has 19 heavy (non-hydrogen) atoms. The summed E-state index contributed by atoms with van der Waals surface area (Å²) in [5.41, 5.74) is 6.65. The zero-order chi connectivity index (χ0) is 13.9. The van der Waals surface area contributed by atoms with Gasteiger partial charge < -0.3 is 10.5 Å². The van der Waals surface area contributed by atoms with E-state index in [1.54, 1.807) is 24.3 Å². The first-order valence-corrected chi connectivity index (χ1v) is 7.94. The van der Waals surface area contributed by atoms with Crippen LogP contribution in [0.4, 0.5) is 0 Å². The van der Waals surface area contributed by atoms with Gasteiger partial charge in [0.2, 0.25) is 10.0 Å². The maximum absolute atomic E-state index is 12.1. The molecule has 0 aliphatic carbocycles. The van der Waals surface area contributed by atoms with Crippen molar-refractivity contribution in [1.29, 1.82) is 0 Å². The lowest BCUT2D eigenvalue weighted by molar-refractivity contribution is 0.114. The second-order valence-electron chi connectivity index (χ2n) is 4.84. The van der Waals surface area contributed by atoms with E-state index in [0.717, 1.165) is 25.0 Å². The molecule has 6 heteroatoms. The van der Waals surface area contributed by atoms with Crippen molar-refractivity contribution in [3.8, 4) is 0 Å². The van der Waals surface area contributed by atoms with Gasteiger partial charge in [0.1, 0.15) is 0 Å². The molecular weight excluding hydrogens is 264 g/mol. The van der Waals surface area contributed by atoms with Crippen LogP contribution in [-0.2, 0) is 14.8 Å². The van der Waals surface area contributed by atoms with Gasteiger partial charge in [-0.05, 0) is 37.5 Å². The number of nitrogens with one attached hydrogen (secondary N) is 1. The highest BCUT2D eigenvalue weighted by Crippen LogP contribution is 2.16. The van der Waals surface area contributed by atoms with E-state index in [4.69, 9.17) is 10.5 Å². The smallest absolute Gasteiger partial charge is 0.240 e. The summed E-state index contributed by atoms with van der Waals surface area (Å²) in [5, 5.41) is 0. The highest BCUT2D eigenvalue weighted by Gasteiger charge is 2.20. The number of benzene rings is 1. The fourth-order valence-electron chi connectivity index (χ4n) is 2.04. The molecule has 0 aromatic heterocycles.